The predicted octanol–water partition coefficient (Wildman–Crippen LogP) is -1.93. The van der Waals surface area contributed by atoms with Gasteiger partial charge in [-0.05, 0) is 15.9 Å². The molecule has 0 aromatic heterocycles. The highest BCUT2D eigenvalue weighted by atomic mass is 79.9. The minimum atomic E-state index is -2.21. The maximum Gasteiger partial charge on any atom is 0.213 e. The largest absolute Gasteiger partial charge is 0.392 e. The zero-order chi connectivity index (χ0) is 11.1. The van der Waals surface area contributed by atoms with Crippen LogP contribution in [-0.4, -0.2) is 60.2 Å². The van der Waals surface area contributed by atoms with Gasteiger partial charge in [0.1, 0.15) is 12.2 Å². The quantitative estimate of drug-likeness (QED) is 0.379. The number of halogens is 2. The van der Waals surface area contributed by atoms with E-state index in [4.69, 9.17) is 26.9 Å². The molecule has 1 heterocycles. The Balaban J connectivity index is 2.96. The number of ether oxygens (including phenoxy) is 1. The zero-order valence-corrected chi connectivity index (χ0v) is 9.18. The van der Waals surface area contributed by atoms with E-state index >= 15 is 0 Å². The molecule has 1 aliphatic rings. The molecule has 5 N–H and O–H groups in total. The van der Waals surface area contributed by atoms with Gasteiger partial charge >= 0.3 is 0 Å². The number of aliphatic hydroxyl groups excluding tert-OH is 4. The highest BCUT2D eigenvalue weighted by Gasteiger charge is 2.63. The summed E-state index contributed by atoms with van der Waals surface area (Å²) in [6.45, 7) is -0.868. The van der Waals surface area contributed by atoms with Crippen LogP contribution in [0.5, 0.6) is 0 Å². The SMILES string of the molecule is OC[C@](O)(Br)[C@]1(Cl)O[C@@H](O)[C@H](O)[C@H]1O. The van der Waals surface area contributed by atoms with Crippen molar-refractivity contribution in [3.8, 4) is 0 Å². The molecular formula is C6H10BrClO6. The fraction of sp³-hybridized carbons (Fsp3) is 1.00. The van der Waals surface area contributed by atoms with Gasteiger partial charge in [0.25, 0.3) is 0 Å². The summed E-state index contributed by atoms with van der Waals surface area (Å²) >= 11 is 8.28. The molecule has 1 rings (SSSR count). The van der Waals surface area contributed by atoms with Gasteiger partial charge in [0, 0.05) is 0 Å². The van der Waals surface area contributed by atoms with E-state index in [1.54, 1.807) is 0 Å². The highest BCUT2D eigenvalue weighted by molar-refractivity contribution is 9.10. The second kappa shape index (κ2) is 3.84. The van der Waals surface area contributed by atoms with Crippen molar-refractivity contribution in [3.63, 3.8) is 0 Å². The molecule has 0 amide bonds. The second-order valence-electron chi connectivity index (χ2n) is 3.01. The van der Waals surface area contributed by atoms with E-state index in [0.29, 0.717) is 0 Å². The molecule has 1 saturated heterocycles. The summed E-state index contributed by atoms with van der Waals surface area (Å²) in [4.78, 5) is 0. The Morgan fingerprint density at radius 1 is 1.43 bits per heavy atom. The van der Waals surface area contributed by atoms with Crippen molar-refractivity contribution in [2.75, 3.05) is 6.61 Å². The molecule has 0 aromatic rings. The molecule has 1 aliphatic heterocycles. The highest BCUT2D eigenvalue weighted by Crippen LogP contribution is 2.45. The lowest BCUT2D eigenvalue weighted by atomic mass is 10.1. The van der Waals surface area contributed by atoms with Crippen LogP contribution >= 0.6 is 27.5 Å². The van der Waals surface area contributed by atoms with E-state index in [2.05, 4.69) is 20.7 Å². The molecule has 84 valence electrons. The first-order valence-electron chi connectivity index (χ1n) is 3.69. The van der Waals surface area contributed by atoms with Crippen LogP contribution in [0, 0.1) is 0 Å². The van der Waals surface area contributed by atoms with Crippen molar-refractivity contribution >= 4 is 27.5 Å². The monoisotopic (exact) mass is 292 g/mol. The van der Waals surface area contributed by atoms with E-state index in [-0.39, 0.29) is 0 Å². The van der Waals surface area contributed by atoms with Crippen molar-refractivity contribution in [2.24, 2.45) is 0 Å². The van der Waals surface area contributed by atoms with Crippen LogP contribution in [0.1, 0.15) is 0 Å². The molecule has 0 aliphatic carbocycles. The maximum absolute atomic E-state index is 9.52. The first-order valence-corrected chi connectivity index (χ1v) is 4.86. The number of aliphatic hydroxyl groups is 5. The Labute approximate surface area is 92.8 Å². The number of hydrogen-bond donors (Lipinski definition) is 5. The zero-order valence-electron chi connectivity index (χ0n) is 6.84. The molecule has 14 heavy (non-hydrogen) atoms. The molecule has 5 atom stereocenters. The third-order valence-electron chi connectivity index (χ3n) is 2.02. The van der Waals surface area contributed by atoms with Crippen LogP contribution in [0.3, 0.4) is 0 Å². The van der Waals surface area contributed by atoms with Gasteiger partial charge in [-0.2, -0.15) is 0 Å². The van der Waals surface area contributed by atoms with Crippen molar-refractivity contribution in [1.82, 2.24) is 0 Å². The Hall–Kier alpha value is 0.530. The second-order valence-corrected chi connectivity index (χ2v) is 4.88. The van der Waals surface area contributed by atoms with Crippen LogP contribution < -0.4 is 0 Å². The lowest BCUT2D eigenvalue weighted by Gasteiger charge is -2.35. The average Bonchev–Trinajstić information content (AvgIpc) is 2.32. The Kier molecular flexibility index (Phi) is 3.45. The molecule has 0 radical (unpaired) electrons. The lowest BCUT2D eigenvalue weighted by molar-refractivity contribution is -0.175. The van der Waals surface area contributed by atoms with Gasteiger partial charge in [0.05, 0.1) is 6.61 Å². The average molecular weight is 293 g/mol. The third kappa shape index (κ3) is 1.68. The summed E-state index contributed by atoms with van der Waals surface area (Å²) in [5.74, 6) is 0. The lowest BCUT2D eigenvalue weighted by Crippen LogP contribution is -2.55. The minimum absolute atomic E-state index is 0.868. The fourth-order valence-corrected chi connectivity index (χ4v) is 1.72. The van der Waals surface area contributed by atoms with Gasteiger partial charge in [0.15, 0.2) is 10.8 Å². The first-order chi connectivity index (χ1) is 6.26. The smallest absolute Gasteiger partial charge is 0.213 e. The molecule has 0 saturated carbocycles. The van der Waals surface area contributed by atoms with Crippen molar-refractivity contribution in [1.29, 1.82) is 0 Å². The summed E-state index contributed by atoms with van der Waals surface area (Å²) in [5, 5.41) is 43.6. The van der Waals surface area contributed by atoms with Crippen LogP contribution in [0.4, 0.5) is 0 Å². The Morgan fingerprint density at radius 2 is 1.93 bits per heavy atom. The number of rotatable bonds is 2. The normalized spacial score (nSPS) is 47.8. The van der Waals surface area contributed by atoms with Gasteiger partial charge in [-0.15, -0.1) is 0 Å². The third-order valence-corrected chi connectivity index (χ3v) is 3.71. The predicted molar refractivity (Wildman–Crippen MR) is 48.7 cm³/mol. The standard InChI is InChI=1S/C6H10BrClO6/c7-5(13,1-9)6(8)3(11)2(10)4(12)14-6/h2-4,9-13H,1H2/t2-,3-,4-,5-,6-/m1/s1. The summed E-state index contributed by atoms with van der Waals surface area (Å²) in [6, 6.07) is 0. The maximum atomic E-state index is 9.52. The molecule has 6 nitrogen and oxygen atoms in total. The van der Waals surface area contributed by atoms with Crippen molar-refractivity contribution < 1.29 is 30.3 Å². The first kappa shape index (κ1) is 12.6. The van der Waals surface area contributed by atoms with E-state index < -0.39 is 34.7 Å². The minimum Gasteiger partial charge on any atom is -0.392 e. The van der Waals surface area contributed by atoms with E-state index in [1.165, 1.54) is 0 Å². The van der Waals surface area contributed by atoms with Crippen molar-refractivity contribution in [2.45, 2.75) is 28.1 Å². The van der Waals surface area contributed by atoms with Crippen LogP contribution in [0.2, 0.25) is 0 Å². The Bertz CT molecular complexity index is 226. The van der Waals surface area contributed by atoms with Crippen LogP contribution in [0.25, 0.3) is 0 Å². The van der Waals surface area contributed by atoms with Gasteiger partial charge in [0.2, 0.25) is 5.06 Å². The van der Waals surface area contributed by atoms with E-state index in [0.717, 1.165) is 0 Å². The molecule has 8 heteroatoms. The van der Waals surface area contributed by atoms with E-state index in [1.807, 2.05) is 0 Å². The van der Waals surface area contributed by atoms with E-state index in [9.17, 15) is 10.2 Å². The van der Waals surface area contributed by atoms with Crippen molar-refractivity contribution in [3.05, 3.63) is 0 Å². The van der Waals surface area contributed by atoms with Crippen LogP contribution in [-0.2, 0) is 4.74 Å². The summed E-state index contributed by atoms with van der Waals surface area (Å²) < 4.78 is 2.43. The summed E-state index contributed by atoms with van der Waals surface area (Å²) in [6.07, 6.45) is -5.11. The molecule has 1 fully saturated rings. The van der Waals surface area contributed by atoms with Gasteiger partial charge in [-0.25, -0.2) is 0 Å². The molecule has 0 bridgehead atoms. The van der Waals surface area contributed by atoms with Gasteiger partial charge in [-0.1, -0.05) is 11.6 Å². The van der Waals surface area contributed by atoms with Gasteiger partial charge < -0.3 is 30.3 Å². The molecular weight excluding hydrogens is 283 g/mol. The number of hydrogen-bond acceptors (Lipinski definition) is 6. The Morgan fingerprint density at radius 3 is 2.21 bits per heavy atom. The summed E-state index contributed by atoms with van der Waals surface area (Å²) in [7, 11) is 0. The molecule has 0 unspecified atom stereocenters. The fourth-order valence-electron chi connectivity index (χ4n) is 1.12. The molecule has 0 aromatic carbocycles. The van der Waals surface area contributed by atoms with Gasteiger partial charge in [-0.3, -0.25) is 0 Å². The van der Waals surface area contributed by atoms with Crippen LogP contribution in [0.15, 0.2) is 0 Å². The topological polar surface area (TPSA) is 110 Å². The number of alkyl halides is 2. The summed E-state index contributed by atoms with van der Waals surface area (Å²) in [5.41, 5.74) is 0. The molecule has 0 spiro atoms.